The van der Waals surface area contributed by atoms with Crippen LogP contribution in [0.1, 0.15) is 19.8 Å². The van der Waals surface area contributed by atoms with Crippen LogP contribution in [0.2, 0.25) is 0 Å². The van der Waals surface area contributed by atoms with E-state index in [9.17, 15) is 23.1 Å². The molecule has 0 spiro atoms. The first kappa shape index (κ1) is 14.8. The fourth-order valence-electron chi connectivity index (χ4n) is 0.906. The summed E-state index contributed by atoms with van der Waals surface area (Å²) in [6.45, 7) is 1.01. The van der Waals surface area contributed by atoms with Gasteiger partial charge in [-0.1, -0.05) is 0 Å². The van der Waals surface area contributed by atoms with Crippen molar-refractivity contribution < 1.29 is 28.3 Å². The molecule has 94 valence electrons. The molecule has 0 fully saturated rings. The average Bonchev–Trinajstić information content (AvgIpc) is 2.23. The number of hydrogen-bond acceptors (Lipinski definition) is 6. The largest absolute Gasteiger partial charge is 0.377 e. The minimum Gasteiger partial charge on any atom is -0.377 e. The topological polar surface area (TPSA) is 147 Å². The Kier molecular flexibility index (Phi) is 5.35. The smallest absolute Gasteiger partial charge is 0.261 e. The number of carbonyl (C=O) groups is 2. The lowest BCUT2D eigenvalue weighted by Gasteiger charge is -2.15. The van der Waals surface area contributed by atoms with Crippen LogP contribution in [0.5, 0.6) is 0 Å². The lowest BCUT2D eigenvalue weighted by atomic mass is 10.3. The molecule has 0 rings (SSSR count). The molecule has 2 atom stereocenters. The highest BCUT2D eigenvalue weighted by molar-refractivity contribution is 7.93. The predicted molar refractivity (Wildman–Crippen MR) is 52.7 cm³/mol. The molecule has 0 aromatic heterocycles. The molecule has 0 saturated heterocycles. The number of aliphatic hydroxyl groups is 1. The number of hydroxylamine groups is 1. The van der Waals surface area contributed by atoms with Gasteiger partial charge in [0.2, 0.25) is 5.91 Å². The number of rotatable bonds is 6. The standard InChI is InChI=1S/C7H14N2O6S/c1-4(7(12)9-13)16(14,15)6(11)3-2-5(8)10/h4,6,11,13H,2-3H2,1H3,(H2,8,10)(H,9,12). The van der Waals surface area contributed by atoms with E-state index in [0.717, 1.165) is 6.92 Å². The summed E-state index contributed by atoms with van der Waals surface area (Å²) in [5.74, 6) is -1.91. The fourth-order valence-corrected chi connectivity index (χ4v) is 2.17. The zero-order valence-electron chi connectivity index (χ0n) is 8.58. The molecule has 16 heavy (non-hydrogen) atoms. The maximum Gasteiger partial charge on any atom is 0.261 e. The number of carbonyl (C=O) groups excluding carboxylic acids is 2. The zero-order chi connectivity index (χ0) is 12.9. The first-order chi connectivity index (χ1) is 7.23. The van der Waals surface area contributed by atoms with Gasteiger partial charge in [-0.25, -0.2) is 13.9 Å². The van der Waals surface area contributed by atoms with Crippen molar-refractivity contribution in [2.75, 3.05) is 0 Å². The number of aliphatic hydroxyl groups excluding tert-OH is 1. The molecule has 2 unspecified atom stereocenters. The molecule has 0 aromatic carbocycles. The molecule has 8 nitrogen and oxygen atoms in total. The van der Waals surface area contributed by atoms with Crippen LogP contribution in [0, 0.1) is 0 Å². The molecule has 0 aliphatic rings. The van der Waals surface area contributed by atoms with Gasteiger partial charge < -0.3 is 10.8 Å². The highest BCUT2D eigenvalue weighted by Crippen LogP contribution is 2.12. The third-order valence-electron chi connectivity index (χ3n) is 1.99. The molecule has 0 radical (unpaired) electrons. The number of nitrogens with two attached hydrogens (primary N) is 1. The summed E-state index contributed by atoms with van der Waals surface area (Å²) in [5.41, 5.74) is 4.08. The Balaban J connectivity index is 4.65. The van der Waals surface area contributed by atoms with Crippen LogP contribution < -0.4 is 11.2 Å². The monoisotopic (exact) mass is 254 g/mol. The van der Waals surface area contributed by atoms with Gasteiger partial charge in [0.25, 0.3) is 5.91 Å². The van der Waals surface area contributed by atoms with Crippen LogP contribution in [-0.2, 0) is 19.4 Å². The first-order valence-electron chi connectivity index (χ1n) is 4.36. The summed E-state index contributed by atoms with van der Waals surface area (Å²) in [6, 6.07) is 0. The Bertz CT molecular complexity index is 365. The van der Waals surface area contributed by atoms with E-state index in [1.165, 1.54) is 5.48 Å². The van der Waals surface area contributed by atoms with Crippen molar-refractivity contribution >= 4 is 21.7 Å². The van der Waals surface area contributed by atoms with E-state index >= 15 is 0 Å². The number of nitrogens with one attached hydrogen (secondary N) is 1. The Morgan fingerprint density at radius 1 is 1.44 bits per heavy atom. The molecule has 9 heteroatoms. The third kappa shape index (κ3) is 3.76. The summed E-state index contributed by atoms with van der Waals surface area (Å²) in [7, 11) is -4.17. The Labute approximate surface area is 92.3 Å². The van der Waals surface area contributed by atoms with Crippen molar-refractivity contribution in [1.82, 2.24) is 5.48 Å². The lowest BCUT2D eigenvalue weighted by Crippen LogP contribution is -2.41. The van der Waals surface area contributed by atoms with Gasteiger partial charge in [0.15, 0.2) is 15.3 Å². The molecule has 0 heterocycles. The van der Waals surface area contributed by atoms with E-state index < -0.39 is 32.3 Å². The average molecular weight is 254 g/mol. The molecule has 0 bridgehead atoms. The zero-order valence-corrected chi connectivity index (χ0v) is 9.40. The minimum absolute atomic E-state index is 0.312. The van der Waals surface area contributed by atoms with E-state index in [-0.39, 0.29) is 12.8 Å². The predicted octanol–water partition coefficient (Wildman–Crippen LogP) is -2.12. The summed E-state index contributed by atoms with van der Waals surface area (Å²) < 4.78 is 22.9. The summed E-state index contributed by atoms with van der Waals surface area (Å²) in [4.78, 5) is 21.2. The van der Waals surface area contributed by atoms with Crippen LogP contribution in [0.25, 0.3) is 0 Å². The molecular weight excluding hydrogens is 240 g/mol. The van der Waals surface area contributed by atoms with E-state index in [0.29, 0.717) is 0 Å². The maximum atomic E-state index is 11.5. The number of amides is 2. The SMILES string of the molecule is CC(C(=O)NO)S(=O)(=O)C(O)CCC(N)=O. The third-order valence-corrected chi connectivity index (χ3v) is 4.18. The number of primary amides is 1. The van der Waals surface area contributed by atoms with Gasteiger partial charge in [0.1, 0.15) is 5.25 Å². The van der Waals surface area contributed by atoms with Gasteiger partial charge >= 0.3 is 0 Å². The Hall–Kier alpha value is -1.19. The number of sulfone groups is 1. The maximum absolute atomic E-state index is 11.5. The second kappa shape index (κ2) is 5.77. The number of hydrogen-bond donors (Lipinski definition) is 4. The summed E-state index contributed by atoms with van der Waals surface area (Å²) in [6.07, 6.45) is -0.700. The van der Waals surface area contributed by atoms with Crippen LogP contribution in [-0.4, -0.2) is 41.2 Å². The first-order valence-corrected chi connectivity index (χ1v) is 5.97. The van der Waals surface area contributed by atoms with Crippen molar-refractivity contribution in [3.05, 3.63) is 0 Å². The summed E-state index contributed by atoms with van der Waals surface area (Å²) >= 11 is 0. The van der Waals surface area contributed by atoms with E-state index in [1.807, 2.05) is 0 Å². The van der Waals surface area contributed by atoms with Gasteiger partial charge in [-0.3, -0.25) is 14.8 Å². The van der Waals surface area contributed by atoms with Gasteiger partial charge in [-0.05, 0) is 13.3 Å². The fraction of sp³-hybridized carbons (Fsp3) is 0.714. The van der Waals surface area contributed by atoms with Crippen LogP contribution in [0.3, 0.4) is 0 Å². The van der Waals surface area contributed by atoms with Crippen LogP contribution in [0.15, 0.2) is 0 Å². The lowest BCUT2D eigenvalue weighted by molar-refractivity contribution is -0.128. The highest BCUT2D eigenvalue weighted by Gasteiger charge is 2.34. The van der Waals surface area contributed by atoms with Crippen molar-refractivity contribution in [2.45, 2.75) is 30.5 Å². The molecule has 0 saturated carbocycles. The van der Waals surface area contributed by atoms with Crippen molar-refractivity contribution in [3.8, 4) is 0 Å². The van der Waals surface area contributed by atoms with Crippen molar-refractivity contribution in [1.29, 1.82) is 0 Å². The van der Waals surface area contributed by atoms with Crippen molar-refractivity contribution in [3.63, 3.8) is 0 Å². The quantitative estimate of drug-likeness (QED) is 0.315. The molecule has 0 aliphatic heterocycles. The molecular formula is C7H14N2O6S. The van der Waals surface area contributed by atoms with Gasteiger partial charge in [-0.2, -0.15) is 0 Å². The minimum atomic E-state index is -4.17. The van der Waals surface area contributed by atoms with E-state index in [1.54, 1.807) is 0 Å². The Morgan fingerprint density at radius 2 is 1.94 bits per heavy atom. The van der Waals surface area contributed by atoms with Gasteiger partial charge in [0, 0.05) is 6.42 Å². The molecule has 0 aromatic rings. The van der Waals surface area contributed by atoms with E-state index in [2.05, 4.69) is 0 Å². The second-order valence-electron chi connectivity index (χ2n) is 3.17. The molecule has 5 N–H and O–H groups in total. The summed E-state index contributed by atoms with van der Waals surface area (Å²) in [5, 5.41) is 15.9. The Morgan fingerprint density at radius 3 is 2.31 bits per heavy atom. The van der Waals surface area contributed by atoms with Gasteiger partial charge in [0.05, 0.1) is 0 Å². The second-order valence-corrected chi connectivity index (χ2v) is 5.60. The van der Waals surface area contributed by atoms with Crippen LogP contribution in [0.4, 0.5) is 0 Å². The normalized spacial score (nSPS) is 15.2. The van der Waals surface area contributed by atoms with E-state index in [4.69, 9.17) is 10.9 Å². The van der Waals surface area contributed by atoms with Crippen LogP contribution >= 0.6 is 0 Å². The molecule has 2 amide bonds. The molecule has 0 aliphatic carbocycles. The van der Waals surface area contributed by atoms with Gasteiger partial charge in [-0.15, -0.1) is 0 Å². The highest BCUT2D eigenvalue weighted by atomic mass is 32.2. The van der Waals surface area contributed by atoms with Crippen molar-refractivity contribution in [2.24, 2.45) is 5.73 Å².